The third-order valence-corrected chi connectivity index (χ3v) is 6.28. The highest BCUT2D eigenvalue weighted by Crippen LogP contribution is 2.27. The summed E-state index contributed by atoms with van der Waals surface area (Å²) >= 11 is 7.00. The molecule has 0 aliphatic carbocycles. The molecular weight excluding hydrogens is 402 g/mol. The number of benzene rings is 1. The van der Waals surface area contributed by atoms with Gasteiger partial charge in [0.1, 0.15) is 5.82 Å². The molecule has 0 radical (unpaired) electrons. The van der Waals surface area contributed by atoms with Crippen LogP contribution < -0.4 is 0 Å². The Morgan fingerprint density at radius 3 is 2.67 bits per heavy atom. The number of hydrogen-bond donors (Lipinski definition) is 0. The summed E-state index contributed by atoms with van der Waals surface area (Å²) in [6.07, 6.45) is 10.1. The zero-order valence-corrected chi connectivity index (χ0v) is 17.0. The molecule has 0 bridgehead atoms. The smallest absolute Gasteiger partial charge is 0.128 e. The zero-order valence-electron chi connectivity index (χ0n) is 13.8. The standard InChI is InChI=1S/C18H20BrN3S2/c1-12(3-7-17-20-10-14(23-2)11-21-17)4-8-18-22-15-6-5-13(19)9-16(15)24-18/h5-6,9-12H,3-4,7-8H2,1-2H3. The van der Waals surface area contributed by atoms with Crippen LogP contribution in [0.4, 0.5) is 0 Å². The SMILES string of the molecule is CSc1cnc(CCC(C)CCc2nc3ccc(Br)cc3s2)nc1. The van der Waals surface area contributed by atoms with Crippen molar-refractivity contribution in [2.24, 2.45) is 5.92 Å². The molecule has 3 aromatic rings. The first kappa shape index (κ1) is 17.8. The number of aromatic nitrogens is 3. The van der Waals surface area contributed by atoms with Crippen molar-refractivity contribution >= 4 is 49.2 Å². The Labute approximate surface area is 159 Å². The lowest BCUT2D eigenvalue weighted by atomic mass is 10.00. The molecule has 126 valence electrons. The monoisotopic (exact) mass is 421 g/mol. The van der Waals surface area contributed by atoms with E-state index in [1.807, 2.05) is 18.6 Å². The number of aryl methyl sites for hydroxylation is 2. The molecule has 24 heavy (non-hydrogen) atoms. The van der Waals surface area contributed by atoms with Crippen molar-refractivity contribution in [1.29, 1.82) is 0 Å². The summed E-state index contributed by atoms with van der Waals surface area (Å²) in [5.74, 6) is 1.59. The van der Waals surface area contributed by atoms with Gasteiger partial charge in [0.05, 0.1) is 15.2 Å². The lowest BCUT2D eigenvalue weighted by Gasteiger charge is -2.09. The second-order valence-electron chi connectivity index (χ2n) is 5.94. The van der Waals surface area contributed by atoms with Gasteiger partial charge in [-0.25, -0.2) is 15.0 Å². The van der Waals surface area contributed by atoms with Gasteiger partial charge in [0, 0.05) is 28.2 Å². The van der Waals surface area contributed by atoms with E-state index in [9.17, 15) is 0 Å². The molecule has 0 saturated carbocycles. The molecule has 3 nitrogen and oxygen atoms in total. The fourth-order valence-electron chi connectivity index (χ4n) is 2.52. The van der Waals surface area contributed by atoms with Crippen LogP contribution in [0.3, 0.4) is 0 Å². The Morgan fingerprint density at radius 1 is 1.17 bits per heavy atom. The molecule has 0 N–H and O–H groups in total. The molecular formula is C18H20BrN3S2. The Balaban J connectivity index is 1.49. The normalized spacial score (nSPS) is 12.6. The van der Waals surface area contributed by atoms with Crippen LogP contribution in [0.25, 0.3) is 10.2 Å². The lowest BCUT2D eigenvalue weighted by molar-refractivity contribution is 0.486. The van der Waals surface area contributed by atoms with Gasteiger partial charge in [-0.05, 0) is 49.6 Å². The first-order chi connectivity index (χ1) is 11.6. The van der Waals surface area contributed by atoms with Crippen LogP contribution >= 0.6 is 39.0 Å². The second kappa shape index (κ2) is 8.41. The highest BCUT2D eigenvalue weighted by Gasteiger charge is 2.09. The Morgan fingerprint density at radius 2 is 1.92 bits per heavy atom. The number of nitrogens with zero attached hydrogens (tertiary/aromatic N) is 3. The summed E-state index contributed by atoms with van der Waals surface area (Å²) in [4.78, 5) is 14.7. The van der Waals surface area contributed by atoms with E-state index in [2.05, 4.69) is 51.0 Å². The minimum Gasteiger partial charge on any atom is -0.241 e. The number of rotatable bonds is 7. The molecule has 0 saturated heterocycles. The van der Waals surface area contributed by atoms with Gasteiger partial charge in [0.15, 0.2) is 0 Å². The maximum absolute atomic E-state index is 4.73. The van der Waals surface area contributed by atoms with Gasteiger partial charge in [-0.1, -0.05) is 22.9 Å². The molecule has 0 amide bonds. The molecule has 1 unspecified atom stereocenters. The lowest BCUT2D eigenvalue weighted by Crippen LogP contribution is -2.02. The van der Waals surface area contributed by atoms with Gasteiger partial charge in [-0.2, -0.15) is 0 Å². The van der Waals surface area contributed by atoms with Crippen LogP contribution in [-0.4, -0.2) is 21.2 Å². The number of hydrogen-bond acceptors (Lipinski definition) is 5. The average molecular weight is 422 g/mol. The molecule has 0 spiro atoms. The van der Waals surface area contributed by atoms with E-state index in [0.29, 0.717) is 5.92 Å². The van der Waals surface area contributed by atoms with Crippen molar-refractivity contribution < 1.29 is 0 Å². The number of thioether (sulfide) groups is 1. The van der Waals surface area contributed by atoms with E-state index in [4.69, 9.17) is 4.98 Å². The first-order valence-electron chi connectivity index (χ1n) is 8.04. The summed E-state index contributed by atoms with van der Waals surface area (Å²) in [5.41, 5.74) is 1.10. The van der Waals surface area contributed by atoms with E-state index in [1.54, 1.807) is 23.1 Å². The summed E-state index contributed by atoms with van der Waals surface area (Å²) in [6, 6.07) is 6.28. The van der Waals surface area contributed by atoms with Gasteiger partial charge in [-0.15, -0.1) is 23.1 Å². The predicted molar refractivity (Wildman–Crippen MR) is 107 cm³/mol. The third kappa shape index (κ3) is 4.77. The molecule has 2 heterocycles. The topological polar surface area (TPSA) is 38.7 Å². The first-order valence-corrected chi connectivity index (χ1v) is 10.9. The predicted octanol–water partition coefficient (Wildman–Crippen LogP) is 5.77. The van der Waals surface area contributed by atoms with Gasteiger partial charge in [-0.3, -0.25) is 0 Å². The molecule has 0 fully saturated rings. The second-order valence-corrected chi connectivity index (χ2v) is 8.85. The number of fused-ring (bicyclic) bond motifs is 1. The van der Waals surface area contributed by atoms with E-state index in [0.717, 1.165) is 46.4 Å². The summed E-state index contributed by atoms with van der Waals surface area (Å²) < 4.78 is 2.38. The Kier molecular flexibility index (Phi) is 6.25. The van der Waals surface area contributed by atoms with Gasteiger partial charge in [0.25, 0.3) is 0 Å². The van der Waals surface area contributed by atoms with Gasteiger partial charge in [0.2, 0.25) is 0 Å². The van der Waals surface area contributed by atoms with Crippen molar-refractivity contribution in [2.75, 3.05) is 6.26 Å². The number of halogens is 1. The molecule has 2 aromatic heterocycles. The fraction of sp³-hybridized carbons (Fsp3) is 0.389. The highest BCUT2D eigenvalue weighted by atomic mass is 79.9. The maximum atomic E-state index is 4.73. The fourth-order valence-corrected chi connectivity index (χ4v) is 4.37. The Hall–Kier alpha value is -0.980. The maximum Gasteiger partial charge on any atom is 0.128 e. The molecule has 3 rings (SSSR count). The summed E-state index contributed by atoms with van der Waals surface area (Å²) in [6.45, 7) is 2.31. The van der Waals surface area contributed by atoms with Gasteiger partial charge < -0.3 is 0 Å². The van der Waals surface area contributed by atoms with E-state index in [-0.39, 0.29) is 0 Å². The van der Waals surface area contributed by atoms with E-state index >= 15 is 0 Å². The van der Waals surface area contributed by atoms with Crippen molar-refractivity contribution in [1.82, 2.24) is 15.0 Å². The van der Waals surface area contributed by atoms with Crippen LogP contribution in [0.15, 0.2) is 40.0 Å². The van der Waals surface area contributed by atoms with Crippen molar-refractivity contribution in [2.45, 2.75) is 37.5 Å². The van der Waals surface area contributed by atoms with E-state index in [1.165, 1.54) is 9.71 Å². The quantitative estimate of drug-likeness (QED) is 0.453. The largest absolute Gasteiger partial charge is 0.241 e. The van der Waals surface area contributed by atoms with Crippen LogP contribution in [0.2, 0.25) is 0 Å². The average Bonchev–Trinajstić information content (AvgIpc) is 3.00. The van der Waals surface area contributed by atoms with Crippen molar-refractivity contribution in [3.63, 3.8) is 0 Å². The minimum absolute atomic E-state index is 0.646. The van der Waals surface area contributed by atoms with Crippen LogP contribution in [-0.2, 0) is 12.8 Å². The minimum atomic E-state index is 0.646. The molecule has 6 heteroatoms. The highest BCUT2D eigenvalue weighted by molar-refractivity contribution is 9.10. The zero-order chi connectivity index (χ0) is 16.9. The third-order valence-electron chi connectivity index (χ3n) is 4.02. The van der Waals surface area contributed by atoms with Gasteiger partial charge >= 0.3 is 0 Å². The van der Waals surface area contributed by atoms with E-state index < -0.39 is 0 Å². The van der Waals surface area contributed by atoms with Crippen molar-refractivity contribution in [3.8, 4) is 0 Å². The number of thiazole rings is 1. The summed E-state index contributed by atoms with van der Waals surface area (Å²) in [7, 11) is 0. The van der Waals surface area contributed by atoms with Crippen LogP contribution in [0.5, 0.6) is 0 Å². The summed E-state index contributed by atoms with van der Waals surface area (Å²) in [5, 5.41) is 1.23. The van der Waals surface area contributed by atoms with Crippen LogP contribution in [0, 0.1) is 5.92 Å². The molecule has 0 aliphatic rings. The molecule has 1 aromatic carbocycles. The van der Waals surface area contributed by atoms with Crippen LogP contribution in [0.1, 0.15) is 30.6 Å². The van der Waals surface area contributed by atoms with Crippen molar-refractivity contribution in [3.05, 3.63) is 45.9 Å². The molecule has 0 aliphatic heterocycles. The Bertz CT molecular complexity index is 802. The molecule has 1 atom stereocenters.